The molecule has 3 aromatic rings. The van der Waals surface area contributed by atoms with Crippen molar-refractivity contribution in [1.82, 2.24) is 9.97 Å². The average molecular weight is 494 g/mol. The fourth-order valence-corrected chi connectivity index (χ4v) is 4.57. The highest BCUT2D eigenvalue weighted by Gasteiger charge is 2.23. The van der Waals surface area contributed by atoms with Gasteiger partial charge in [-0.1, -0.05) is 12.1 Å². The van der Waals surface area contributed by atoms with Gasteiger partial charge < -0.3 is 5.32 Å². The van der Waals surface area contributed by atoms with Crippen LogP contribution in [0.4, 0.5) is 21.7 Å². The molecular formula is C20H20FN5O5S2. The molecule has 0 aliphatic rings. The van der Waals surface area contributed by atoms with E-state index < -0.39 is 38.3 Å². The highest BCUT2D eigenvalue weighted by molar-refractivity contribution is 7.92. The molecule has 33 heavy (non-hydrogen) atoms. The molecule has 0 saturated carbocycles. The molecule has 0 fully saturated rings. The third-order valence-corrected chi connectivity index (χ3v) is 6.75. The van der Waals surface area contributed by atoms with Gasteiger partial charge in [-0.2, -0.15) is 0 Å². The molecule has 3 rings (SSSR count). The van der Waals surface area contributed by atoms with Crippen LogP contribution in [0, 0.1) is 12.7 Å². The number of amides is 1. The van der Waals surface area contributed by atoms with Crippen LogP contribution < -0.4 is 14.3 Å². The molecule has 2 aromatic carbocycles. The summed E-state index contributed by atoms with van der Waals surface area (Å²) < 4.78 is 66.2. The molecule has 0 aliphatic carbocycles. The highest BCUT2D eigenvalue weighted by Crippen LogP contribution is 2.22. The summed E-state index contributed by atoms with van der Waals surface area (Å²) in [6.07, 6.45) is 2.28. The van der Waals surface area contributed by atoms with Gasteiger partial charge >= 0.3 is 0 Å². The van der Waals surface area contributed by atoms with Crippen molar-refractivity contribution in [2.75, 3.05) is 27.1 Å². The van der Waals surface area contributed by atoms with E-state index in [1.54, 1.807) is 13.0 Å². The third kappa shape index (κ3) is 6.23. The summed E-state index contributed by atoms with van der Waals surface area (Å²) >= 11 is 0. The predicted molar refractivity (Wildman–Crippen MR) is 121 cm³/mol. The van der Waals surface area contributed by atoms with Gasteiger partial charge in [-0.05, 0) is 49.4 Å². The van der Waals surface area contributed by atoms with Crippen LogP contribution >= 0.6 is 0 Å². The van der Waals surface area contributed by atoms with Crippen LogP contribution in [0.1, 0.15) is 5.69 Å². The molecule has 1 amide bonds. The number of rotatable bonds is 8. The lowest BCUT2D eigenvalue weighted by Gasteiger charge is -2.22. The Morgan fingerprint density at radius 3 is 2.30 bits per heavy atom. The highest BCUT2D eigenvalue weighted by atomic mass is 32.2. The average Bonchev–Trinajstić information content (AvgIpc) is 2.72. The maximum Gasteiger partial charge on any atom is 0.264 e. The first-order chi connectivity index (χ1) is 15.5. The second kappa shape index (κ2) is 9.50. The summed E-state index contributed by atoms with van der Waals surface area (Å²) in [5.41, 5.74) is 0.535. The number of aromatic nitrogens is 2. The topological polar surface area (TPSA) is 138 Å². The van der Waals surface area contributed by atoms with E-state index in [1.807, 2.05) is 0 Å². The monoisotopic (exact) mass is 493 g/mol. The Bertz CT molecular complexity index is 1380. The van der Waals surface area contributed by atoms with Crippen molar-refractivity contribution in [1.29, 1.82) is 0 Å². The molecule has 1 aromatic heterocycles. The largest absolute Gasteiger partial charge is 0.325 e. The second-order valence-electron chi connectivity index (χ2n) is 6.92. The van der Waals surface area contributed by atoms with Crippen molar-refractivity contribution in [2.24, 2.45) is 0 Å². The van der Waals surface area contributed by atoms with E-state index in [9.17, 15) is 26.0 Å². The van der Waals surface area contributed by atoms with Gasteiger partial charge in [0.15, 0.2) is 0 Å². The van der Waals surface area contributed by atoms with Crippen LogP contribution in [0.3, 0.4) is 0 Å². The Kier molecular flexibility index (Phi) is 6.93. The van der Waals surface area contributed by atoms with E-state index in [-0.39, 0.29) is 22.2 Å². The third-order valence-electron chi connectivity index (χ3n) is 4.28. The van der Waals surface area contributed by atoms with Crippen LogP contribution in [0.25, 0.3) is 0 Å². The lowest BCUT2D eigenvalue weighted by Crippen LogP contribution is -2.38. The number of carbonyl (C=O) groups is 1. The smallest absolute Gasteiger partial charge is 0.264 e. The summed E-state index contributed by atoms with van der Waals surface area (Å²) in [6, 6.07) is 12.0. The molecule has 2 N–H and O–H groups in total. The van der Waals surface area contributed by atoms with Gasteiger partial charge in [-0.3, -0.25) is 9.10 Å². The summed E-state index contributed by atoms with van der Waals surface area (Å²) in [5, 5.41) is 2.46. The number of hydrogen-bond acceptors (Lipinski definition) is 7. The fraction of sp³-hybridized carbons (Fsp3) is 0.150. The maximum atomic E-state index is 14.1. The number of aryl methyl sites for hydroxylation is 1. The quantitative estimate of drug-likeness (QED) is 0.490. The van der Waals surface area contributed by atoms with Gasteiger partial charge in [-0.15, -0.1) is 0 Å². The van der Waals surface area contributed by atoms with E-state index in [2.05, 4.69) is 20.0 Å². The lowest BCUT2D eigenvalue weighted by atomic mass is 10.3. The number of sulfonamides is 2. The molecule has 0 unspecified atom stereocenters. The minimum Gasteiger partial charge on any atom is -0.325 e. The Balaban J connectivity index is 1.72. The number of carbonyl (C=O) groups excluding carboxylic acids is 1. The fourth-order valence-electron chi connectivity index (χ4n) is 2.76. The number of para-hydroxylation sites is 1. The summed E-state index contributed by atoms with van der Waals surface area (Å²) in [4.78, 5) is 20.1. The van der Waals surface area contributed by atoms with Gasteiger partial charge in [0.25, 0.3) is 10.0 Å². The minimum absolute atomic E-state index is 0.0820. The number of anilines is 3. The van der Waals surface area contributed by atoms with Crippen molar-refractivity contribution in [3.05, 3.63) is 72.3 Å². The van der Waals surface area contributed by atoms with Crippen LogP contribution in [0.15, 0.2) is 65.7 Å². The summed E-state index contributed by atoms with van der Waals surface area (Å²) in [5.74, 6) is -1.62. The zero-order chi connectivity index (χ0) is 24.2. The van der Waals surface area contributed by atoms with E-state index >= 15 is 0 Å². The van der Waals surface area contributed by atoms with Crippen LogP contribution in [0.5, 0.6) is 0 Å². The first kappa shape index (κ1) is 24.1. The van der Waals surface area contributed by atoms with Crippen LogP contribution in [-0.4, -0.2) is 45.5 Å². The summed E-state index contributed by atoms with van der Waals surface area (Å²) in [6.45, 7) is 1.01. The van der Waals surface area contributed by atoms with E-state index in [1.165, 1.54) is 48.7 Å². The normalized spacial score (nSPS) is 11.6. The Morgan fingerprint density at radius 1 is 1.03 bits per heavy atom. The SMILES string of the molecule is Cc1ccnc(NS(=O)(=O)c2ccc(NC(=O)CN(c3ccccc3F)S(C)(=O)=O)cc2)n1. The van der Waals surface area contributed by atoms with Gasteiger partial charge in [0.2, 0.25) is 21.9 Å². The number of benzene rings is 2. The van der Waals surface area contributed by atoms with Crippen molar-refractivity contribution < 1.29 is 26.0 Å². The zero-order valence-corrected chi connectivity index (χ0v) is 19.2. The second-order valence-corrected chi connectivity index (χ2v) is 10.5. The lowest BCUT2D eigenvalue weighted by molar-refractivity contribution is -0.114. The van der Waals surface area contributed by atoms with E-state index in [0.29, 0.717) is 10.00 Å². The Labute approximate surface area is 190 Å². The molecular weight excluding hydrogens is 473 g/mol. The van der Waals surface area contributed by atoms with Crippen molar-refractivity contribution in [2.45, 2.75) is 11.8 Å². The van der Waals surface area contributed by atoms with E-state index in [0.717, 1.165) is 12.3 Å². The predicted octanol–water partition coefficient (Wildman–Crippen LogP) is 2.13. The van der Waals surface area contributed by atoms with Gasteiger partial charge in [0.1, 0.15) is 12.4 Å². The van der Waals surface area contributed by atoms with Crippen molar-refractivity contribution in [3.63, 3.8) is 0 Å². The van der Waals surface area contributed by atoms with Gasteiger partial charge in [0, 0.05) is 17.6 Å². The molecule has 0 atom stereocenters. The Morgan fingerprint density at radius 2 is 1.70 bits per heavy atom. The Hall–Kier alpha value is -3.58. The van der Waals surface area contributed by atoms with Gasteiger partial charge in [-0.25, -0.2) is 35.9 Å². The molecule has 0 bridgehead atoms. The molecule has 0 radical (unpaired) electrons. The maximum absolute atomic E-state index is 14.1. The molecule has 10 nitrogen and oxygen atoms in total. The molecule has 174 valence electrons. The molecule has 0 saturated heterocycles. The van der Waals surface area contributed by atoms with Gasteiger partial charge in [0.05, 0.1) is 16.8 Å². The molecule has 13 heteroatoms. The number of halogens is 1. The molecule has 0 aliphatic heterocycles. The standard InChI is InChI=1S/C20H20FN5O5S2/c1-14-11-12-22-20(23-14)25-33(30,31)16-9-7-15(8-10-16)24-19(27)13-26(32(2,28)29)18-6-4-3-5-17(18)21/h3-12H,13H2,1-2H3,(H,24,27)(H,22,23,25). The number of nitrogens with one attached hydrogen (secondary N) is 2. The molecule has 0 spiro atoms. The first-order valence-corrected chi connectivity index (χ1v) is 12.7. The summed E-state index contributed by atoms with van der Waals surface area (Å²) in [7, 11) is -7.93. The molecule has 1 heterocycles. The van der Waals surface area contributed by atoms with Crippen LogP contribution in [0.2, 0.25) is 0 Å². The van der Waals surface area contributed by atoms with Crippen molar-refractivity contribution in [3.8, 4) is 0 Å². The number of hydrogen-bond donors (Lipinski definition) is 2. The van der Waals surface area contributed by atoms with Crippen LogP contribution in [-0.2, 0) is 24.8 Å². The zero-order valence-electron chi connectivity index (χ0n) is 17.6. The number of nitrogens with zero attached hydrogens (tertiary/aromatic N) is 3. The minimum atomic E-state index is -3.97. The van der Waals surface area contributed by atoms with Crippen molar-refractivity contribution >= 4 is 43.3 Å². The first-order valence-electron chi connectivity index (χ1n) is 9.40. The van der Waals surface area contributed by atoms with E-state index in [4.69, 9.17) is 0 Å².